The largest absolute Gasteiger partial charge is 0.392 e. The Bertz CT molecular complexity index is 1950. The maximum atomic E-state index is 11.4. The number of aliphatic hydroxyl groups excluding tert-OH is 2. The van der Waals surface area contributed by atoms with E-state index in [9.17, 15) is 9.90 Å². The van der Waals surface area contributed by atoms with Crippen molar-refractivity contribution in [1.29, 1.82) is 0 Å². The molecule has 9 nitrogen and oxygen atoms in total. The summed E-state index contributed by atoms with van der Waals surface area (Å²) in [4.78, 5) is 24.8. The van der Waals surface area contributed by atoms with E-state index in [-0.39, 0.29) is 24.3 Å². The number of nitrogens with zero attached hydrogens (tertiary/aromatic N) is 5. The van der Waals surface area contributed by atoms with Gasteiger partial charge in [0.25, 0.3) is 0 Å². The van der Waals surface area contributed by atoms with Gasteiger partial charge < -0.3 is 30.1 Å². The highest BCUT2D eigenvalue weighted by Crippen LogP contribution is 2.33. The average molecular weight is 823 g/mol. The number of ketones is 1. The van der Waals surface area contributed by atoms with Crippen molar-refractivity contribution >= 4 is 91.0 Å². The van der Waals surface area contributed by atoms with Crippen LogP contribution in [0.2, 0.25) is 20.1 Å². The molecule has 50 heavy (non-hydrogen) atoms. The molecule has 0 atom stereocenters. The molecule has 0 unspecified atom stereocenters. The van der Waals surface area contributed by atoms with Crippen LogP contribution < -0.4 is 15.5 Å². The monoisotopic (exact) mass is 820 g/mol. The van der Waals surface area contributed by atoms with Gasteiger partial charge in [0.15, 0.2) is 5.78 Å². The van der Waals surface area contributed by atoms with Gasteiger partial charge in [-0.05, 0) is 73.2 Å². The van der Waals surface area contributed by atoms with Crippen molar-refractivity contribution in [1.82, 2.24) is 14.4 Å². The van der Waals surface area contributed by atoms with E-state index in [4.69, 9.17) is 62.2 Å². The second-order valence-electron chi connectivity index (χ2n) is 11.8. The Morgan fingerprint density at radius 2 is 1.34 bits per heavy atom. The molecule has 0 bridgehead atoms. The number of rotatable bonds is 7. The van der Waals surface area contributed by atoms with Gasteiger partial charge in [-0.1, -0.05) is 62.3 Å². The number of nitrogen functional groups attached to an aromatic ring is 1. The number of imidazole rings is 1. The fraction of sp³-hybridized carbons (Fsp3) is 0.306. The van der Waals surface area contributed by atoms with E-state index >= 15 is 0 Å². The van der Waals surface area contributed by atoms with Gasteiger partial charge in [0.2, 0.25) is 0 Å². The lowest BCUT2D eigenvalue weighted by molar-refractivity contribution is 0.102. The van der Waals surface area contributed by atoms with Crippen molar-refractivity contribution < 1.29 is 15.0 Å². The van der Waals surface area contributed by atoms with Crippen LogP contribution in [0, 0.1) is 0 Å². The van der Waals surface area contributed by atoms with Crippen LogP contribution >= 0.6 is 62.3 Å². The number of hydrogen-bond donors (Lipinski definition) is 3. The van der Waals surface area contributed by atoms with E-state index in [0.29, 0.717) is 42.6 Å². The smallest absolute Gasteiger partial charge is 0.173 e. The second kappa shape index (κ2) is 17.9. The molecule has 0 spiro atoms. The molecular formula is C36H37BrCl4N6O3. The Labute approximate surface area is 319 Å². The third-order valence-electron chi connectivity index (χ3n) is 8.48. The molecule has 3 aromatic heterocycles. The summed E-state index contributed by atoms with van der Waals surface area (Å²) in [6.45, 7) is 4.17. The third kappa shape index (κ3) is 9.41. The van der Waals surface area contributed by atoms with Crippen LogP contribution in [0.1, 0.15) is 47.2 Å². The molecule has 5 heterocycles. The second-order valence-corrected chi connectivity index (χ2v) is 14.0. The first-order valence-corrected chi connectivity index (χ1v) is 18.7. The Morgan fingerprint density at radius 1 is 0.780 bits per heavy atom. The Kier molecular flexibility index (Phi) is 13.7. The topological polar surface area (TPSA) is 120 Å². The van der Waals surface area contributed by atoms with Crippen molar-refractivity contribution in [2.24, 2.45) is 0 Å². The number of aliphatic hydroxyl groups is 2. The number of benzene rings is 2. The zero-order valence-electron chi connectivity index (χ0n) is 27.1. The first kappa shape index (κ1) is 38.1. The molecule has 2 aliphatic heterocycles. The standard InChI is InChI=1S/C18H17Cl2N3O.C9H7BrCl2O2.C9H13N3/c19-15-7-12(11-24)14(9-16(15)20)17-10-23-6-3-13(8-18(23)21-17)22-4-1-2-5-22;10-3-9(14)6-2-8(12)7(11)1-5(6)4-13;10-9-7-8(3-4-11-9)12-5-1-2-6-12/h3,6-10,24H,1-2,4-5,11H2;1-2,13H,3-4H2;3-4,7H,1-2,5-6H2,(H2,10,11). The van der Waals surface area contributed by atoms with Crippen LogP contribution in [-0.4, -0.2) is 61.9 Å². The number of halogens is 5. The van der Waals surface area contributed by atoms with Gasteiger partial charge >= 0.3 is 0 Å². The fourth-order valence-corrected chi connectivity index (χ4v) is 6.89. The number of fused-ring (bicyclic) bond motifs is 1. The van der Waals surface area contributed by atoms with E-state index in [1.54, 1.807) is 18.3 Å². The van der Waals surface area contributed by atoms with E-state index < -0.39 is 0 Å². The number of anilines is 3. The van der Waals surface area contributed by atoms with E-state index in [1.807, 2.05) is 28.9 Å². The van der Waals surface area contributed by atoms with E-state index in [2.05, 4.69) is 42.8 Å². The normalized spacial score (nSPS) is 14.0. The summed E-state index contributed by atoms with van der Waals surface area (Å²) in [7, 11) is 0. The first-order valence-electron chi connectivity index (χ1n) is 16.1. The summed E-state index contributed by atoms with van der Waals surface area (Å²) in [5, 5.41) is 20.4. The number of nitrogens with two attached hydrogens (primary N) is 1. The molecule has 2 aromatic carbocycles. The summed E-state index contributed by atoms with van der Waals surface area (Å²) in [6, 6.07) is 14.6. The number of Topliss-reactive ketones (excluding diaryl/α,β-unsaturated/α-hetero) is 1. The number of carbonyl (C=O) groups excluding carboxylic acids is 1. The van der Waals surface area contributed by atoms with Crippen LogP contribution in [0.15, 0.2) is 67.1 Å². The Balaban J connectivity index is 0.000000159. The lowest BCUT2D eigenvalue weighted by Crippen LogP contribution is -2.17. The molecule has 2 aliphatic rings. The SMILES string of the molecule is Nc1cc(N2CCCC2)ccn1.O=C(CBr)c1cc(Cl)c(Cl)cc1CO.OCc1cc(Cl)c(Cl)cc1-c1cn2ccc(N3CCCC3)cc2n1. The predicted molar refractivity (Wildman–Crippen MR) is 209 cm³/mol. The number of alkyl halides is 1. The molecule has 264 valence electrons. The van der Waals surface area contributed by atoms with Crippen LogP contribution in [0.4, 0.5) is 17.2 Å². The maximum Gasteiger partial charge on any atom is 0.173 e. The minimum Gasteiger partial charge on any atom is -0.392 e. The highest BCUT2D eigenvalue weighted by atomic mass is 79.9. The number of carbonyl (C=O) groups is 1. The van der Waals surface area contributed by atoms with Crippen molar-refractivity contribution in [2.75, 3.05) is 47.0 Å². The maximum absolute atomic E-state index is 11.4. The first-order chi connectivity index (χ1) is 24.1. The van der Waals surface area contributed by atoms with Crippen molar-refractivity contribution in [3.8, 4) is 11.3 Å². The van der Waals surface area contributed by atoms with Gasteiger partial charge in [-0.25, -0.2) is 9.97 Å². The van der Waals surface area contributed by atoms with Gasteiger partial charge in [0.05, 0.1) is 44.3 Å². The average Bonchev–Trinajstić information content (AvgIpc) is 3.93. The summed E-state index contributed by atoms with van der Waals surface area (Å²) in [5.41, 5.74) is 12.1. The molecule has 0 saturated carbocycles. The van der Waals surface area contributed by atoms with Crippen molar-refractivity contribution in [3.05, 3.63) is 104 Å². The number of aromatic nitrogens is 3. The van der Waals surface area contributed by atoms with Gasteiger partial charge in [-0.3, -0.25) is 4.79 Å². The minimum absolute atomic E-state index is 0.112. The molecule has 0 radical (unpaired) electrons. The number of pyridine rings is 2. The zero-order valence-corrected chi connectivity index (χ0v) is 31.7. The molecule has 2 fully saturated rings. The molecule has 5 aromatic rings. The summed E-state index contributed by atoms with van der Waals surface area (Å²) in [5.74, 6) is 0.479. The zero-order chi connectivity index (χ0) is 35.8. The summed E-state index contributed by atoms with van der Waals surface area (Å²) in [6.07, 6.45) is 10.8. The lowest BCUT2D eigenvalue weighted by atomic mass is 10.1. The highest BCUT2D eigenvalue weighted by molar-refractivity contribution is 9.09. The van der Waals surface area contributed by atoms with Gasteiger partial charge in [0, 0.05) is 79.4 Å². The predicted octanol–water partition coefficient (Wildman–Crippen LogP) is 8.73. The third-order valence-corrected chi connectivity index (χ3v) is 10.4. The van der Waals surface area contributed by atoms with Gasteiger partial charge in [0.1, 0.15) is 11.5 Å². The van der Waals surface area contributed by atoms with E-state index in [1.165, 1.54) is 49.2 Å². The molecule has 4 N–H and O–H groups in total. The van der Waals surface area contributed by atoms with Crippen LogP contribution in [0.5, 0.6) is 0 Å². The fourth-order valence-electron chi connectivity index (χ4n) is 5.89. The minimum atomic E-state index is -0.231. The molecule has 2 saturated heterocycles. The van der Waals surface area contributed by atoms with Crippen molar-refractivity contribution in [2.45, 2.75) is 38.9 Å². The number of hydrogen-bond acceptors (Lipinski definition) is 8. The Hall–Kier alpha value is -3.09. The summed E-state index contributed by atoms with van der Waals surface area (Å²) >= 11 is 26.8. The van der Waals surface area contributed by atoms with Crippen LogP contribution in [0.25, 0.3) is 16.9 Å². The molecule has 14 heteroatoms. The van der Waals surface area contributed by atoms with Gasteiger partial charge in [-0.2, -0.15) is 0 Å². The van der Waals surface area contributed by atoms with Crippen LogP contribution in [-0.2, 0) is 13.2 Å². The molecule has 7 rings (SSSR count). The van der Waals surface area contributed by atoms with Gasteiger partial charge in [-0.15, -0.1) is 0 Å². The lowest BCUT2D eigenvalue weighted by Gasteiger charge is -2.17. The quantitative estimate of drug-likeness (QED) is 0.110. The molecule has 0 amide bonds. The molecule has 0 aliphatic carbocycles. The van der Waals surface area contributed by atoms with E-state index in [0.717, 1.165) is 43.1 Å². The van der Waals surface area contributed by atoms with Crippen LogP contribution in [0.3, 0.4) is 0 Å². The highest BCUT2D eigenvalue weighted by Gasteiger charge is 2.16. The van der Waals surface area contributed by atoms with Crippen molar-refractivity contribution in [3.63, 3.8) is 0 Å². The molecular weight excluding hydrogens is 786 g/mol. The summed E-state index contributed by atoms with van der Waals surface area (Å²) < 4.78 is 1.98. The Morgan fingerprint density at radius 3 is 1.92 bits per heavy atom.